The molecule has 0 fully saturated rings. The molecule has 0 unspecified atom stereocenters. The second-order valence-corrected chi connectivity index (χ2v) is 4.33. The Balaban J connectivity index is 2.02. The summed E-state index contributed by atoms with van der Waals surface area (Å²) in [5.74, 6) is 0.601. The summed E-state index contributed by atoms with van der Waals surface area (Å²) >= 11 is 5.59. The Labute approximate surface area is 110 Å². The lowest BCUT2D eigenvalue weighted by Crippen LogP contribution is -2.24. The van der Waals surface area contributed by atoms with E-state index < -0.39 is 6.29 Å². The number of aryl methyl sites for hydroxylation is 1. The van der Waals surface area contributed by atoms with Crippen molar-refractivity contribution in [2.75, 3.05) is 6.54 Å². The van der Waals surface area contributed by atoms with Gasteiger partial charge in [0.05, 0.1) is 0 Å². The number of rotatable bonds is 8. The topological polar surface area (TPSA) is 95.6 Å². The zero-order chi connectivity index (χ0) is 13.4. The highest BCUT2D eigenvalue weighted by Gasteiger charge is 2.04. The number of nitrogens with zero attached hydrogens (tertiary/aromatic N) is 1. The van der Waals surface area contributed by atoms with E-state index in [4.69, 9.17) is 26.3 Å². The molecule has 0 atom stereocenters. The van der Waals surface area contributed by atoms with Gasteiger partial charge in [0.2, 0.25) is 5.91 Å². The molecule has 3 N–H and O–H groups in total. The van der Waals surface area contributed by atoms with Gasteiger partial charge in [-0.05, 0) is 19.3 Å². The molecule has 1 aromatic rings. The van der Waals surface area contributed by atoms with Crippen LogP contribution in [-0.2, 0) is 11.2 Å². The van der Waals surface area contributed by atoms with E-state index in [1.807, 2.05) is 0 Å². The zero-order valence-electron chi connectivity index (χ0n) is 9.93. The zero-order valence-corrected chi connectivity index (χ0v) is 10.7. The largest absolute Gasteiger partial charge is 0.368 e. The molecular formula is C11H17ClN2O4. The fraction of sp³-hybridized carbons (Fsp3) is 0.636. The third-order valence-electron chi connectivity index (χ3n) is 2.32. The molecule has 0 aliphatic carbocycles. The van der Waals surface area contributed by atoms with Gasteiger partial charge >= 0.3 is 0 Å². The number of carbonyl (C=O) groups is 1. The van der Waals surface area contributed by atoms with Crippen molar-refractivity contribution in [2.24, 2.45) is 0 Å². The van der Waals surface area contributed by atoms with Crippen LogP contribution in [0, 0.1) is 0 Å². The Morgan fingerprint density at radius 2 is 2.28 bits per heavy atom. The third kappa shape index (κ3) is 6.58. The molecular weight excluding hydrogens is 260 g/mol. The molecule has 0 bridgehead atoms. The van der Waals surface area contributed by atoms with Gasteiger partial charge in [-0.15, -0.1) is 0 Å². The number of amides is 1. The SMILES string of the molecule is O=C(CCCC(O)O)NCCCc1cc(Cl)no1. The summed E-state index contributed by atoms with van der Waals surface area (Å²) in [7, 11) is 0. The highest BCUT2D eigenvalue weighted by Crippen LogP contribution is 2.10. The van der Waals surface area contributed by atoms with Crippen molar-refractivity contribution < 1.29 is 19.5 Å². The highest BCUT2D eigenvalue weighted by atomic mass is 35.5. The van der Waals surface area contributed by atoms with Crippen molar-refractivity contribution in [2.45, 2.75) is 38.4 Å². The van der Waals surface area contributed by atoms with Crippen LogP contribution in [0.5, 0.6) is 0 Å². The number of hydrogen-bond acceptors (Lipinski definition) is 5. The molecule has 0 saturated heterocycles. The summed E-state index contributed by atoms with van der Waals surface area (Å²) in [6.45, 7) is 0.541. The molecule has 1 aromatic heterocycles. The lowest BCUT2D eigenvalue weighted by atomic mass is 10.2. The average molecular weight is 277 g/mol. The van der Waals surface area contributed by atoms with E-state index in [0.717, 1.165) is 6.42 Å². The fourth-order valence-corrected chi connectivity index (χ4v) is 1.59. The maximum absolute atomic E-state index is 11.3. The summed E-state index contributed by atoms with van der Waals surface area (Å²) in [6, 6.07) is 1.64. The first-order valence-electron chi connectivity index (χ1n) is 5.82. The van der Waals surface area contributed by atoms with Gasteiger partial charge in [0, 0.05) is 25.5 Å². The van der Waals surface area contributed by atoms with Crippen LogP contribution in [0.2, 0.25) is 5.15 Å². The highest BCUT2D eigenvalue weighted by molar-refractivity contribution is 6.29. The summed E-state index contributed by atoms with van der Waals surface area (Å²) in [5.41, 5.74) is 0. The Hall–Kier alpha value is -1.11. The van der Waals surface area contributed by atoms with E-state index in [2.05, 4.69) is 10.5 Å². The van der Waals surface area contributed by atoms with E-state index in [9.17, 15) is 4.79 Å². The van der Waals surface area contributed by atoms with Gasteiger partial charge in [0.15, 0.2) is 11.4 Å². The Morgan fingerprint density at radius 1 is 1.50 bits per heavy atom. The van der Waals surface area contributed by atoms with Crippen molar-refractivity contribution in [1.82, 2.24) is 10.5 Å². The molecule has 1 heterocycles. The molecule has 18 heavy (non-hydrogen) atoms. The van der Waals surface area contributed by atoms with Crippen LogP contribution in [0.3, 0.4) is 0 Å². The second kappa shape index (κ2) is 8.07. The van der Waals surface area contributed by atoms with Gasteiger partial charge in [-0.2, -0.15) is 0 Å². The van der Waals surface area contributed by atoms with Crippen LogP contribution in [-0.4, -0.2) is 34.1 Å². The molecule has 1 rings (SSSR count). The van der Waals surface area contributed by atoms with Crippen LogP contribution in [0.4, 0.5) is 0 Å². The lowest BCUT2D eigenvalue weighted by molar-refractivity contribution is -0.121. The lowest BCUT2D eigenvalue weighted by Gasteiger charge is -2.05. The number of carbonyl (C=O) groups excluding carboxylic acids is 1. The molecule has 6 nitrogen and oxygen atoms in total. The van der Waals surface area contributed by atoms with E-state index in [1.54, 1.807) is 6.07 Å². The van der Waals surface area contributed by atoms with Crippen LogP contribution < -0.4 is 5.32 Å². The molecule has 7 heteroatoms. The smallest absolute Gasteiger partial charge is 0.219 e. The number of aliphatic hydroxyl groups excluding tert-OH is 1. The Kier molecular flexibility index (Phi) is 6.70. The maximum atomic E-state index is 11.3. The molecule has 0 saturated carbocycles. The minimum atomic E-state index is -1.34. The van der Waals surface area contributed by atoms with Gasteiger partial charge in [-0.1, -0.05) is 16.8 Å². The second-order valence-electron chi connectivity index (χ2n) is 3.94. The molecule has 0 radical (unpaired) electrons. The molecule has 0 aliphatic heterocycles. The summed E-state index contributed by atoms with van der Waals surface area (Å²) in [5, 5.41) is 23.8. The van der Waals surface area contributed by atoms with E-state index in [0.29, 0.717) is 36.7 Å². The average Bonchev–Trinajstić information content (AvgIpc) is 2.70. The number of halogens is 1. The quantitative estimate of drug-likeness (QED) is 0.483. The third-order valence-corrected chi connectivity index (χ3v) is 2.50. The Morgan fingerprint density at radius 3 is 2.89 bits per heavy atom. The fourth-order valence-electron chi connectivity index (χ4n) is 1.43. The van der Waals surface area contributed by atoms with E-state index in [1.165, 1.54) is 0 Å². The van der Waals surface area contributed by atoms with Crippen molar-refractivity contribution in [1.29, 1.82) is 0 Å². The Bertz CT molecular complexity index is 368. The predicted octanol–water partition coefficient (Wildman–Crippen LogP) is 0.858. The predicted molar refractivity (Wildman–Crippen MR) is 64.9 cm³/mol. The molecule has 0 spiro atoms. The van der Waals surface area contributed by atoms with Crippen LogP contribution in [0.1, 0.15) is 31.4 Å². The summed E-state index contributed by atoms with van der Waals surface area (Å²) in [6.07, 6.45) is 1.03. The normalized spacial score (nSPS) is 10.9. The molecule has 102 valence electrons. The molecule has 1 amide bonds. The number of aromatic nitrogens is 1. The monoisotopic (exact) mass is 276 g/mol. The maximum Gasteiger partial charge on any atom is 0.219 e. The van der Waals surface area contributed by atoms with E-state index >= 15 is 0 Å². The van der Waals surface area contributed by atoms with Crippen molar-refractivity contribution >= 4 is 17.5 Å². The van der Waals surface area contributed by atoms with Gasteiger partial charge in [0.1, 0.15) is 5.76 Å². The number of aliphatic hydroxyl groups is 2. The van der Waals surface area contributed by atoms with Crippen LogP contribution >= 0.6 is 11.6 Å². The van der Waals surface area contributed by atoms with Gasteiger partial charge in [-0.25, -0.2) is 0 Å². The van der Waals surface area contributed by atoms with Crippen LogP contribution in [0.25, 0.3) is 0 Å². The van der Waals surface area contributed by atoms with Crippen molar-refractivity contribution in [3.63, 3.8) is 0 Å². The first-order chi connectivity index (χ1) is 8.58. The van der Waals surface area contributed by atoms with E-state index in [-0.39, 0.29) is 12.3 Å². The first kappa shape index (κ1) is 14.9. The molecule has 0 aliphatic rings. The number of hydrogen-bond donors (Lipinski definition) is 3. The minimum Gasteiger partial charge on any atom is -0.368 e. The standard InChI is InChI=1S/C11H17ClN2O4/c12-9-7-8(18-14-9)3-2-6-13-10(15)4-1-5-11(16)17/h7,11,16-17H,1-6H2,(H,13,15). The first-order valence-corrected chi connectivity index (χ1v) is 6.19. The van der Waals surface area contributed by atoms with Gasteiger partial charge in [0.25, 0.3) is 0 Å². The summed E-state index contributed by atoms with van der Waals surface area (Å²) < 4.78 is 4.91. The van der Waals surface area contributed by atoms with Crippen LogP contribution in [0.15, 0.2) is 10.6 Å². The molecule has 0 aromatic carbocycles. The van der Waals surface area contributed by atoms with Crippen molar-refractivity contribution in [3.8, 4) is 0 Å². The minimum absolute atomic E-state index is 0.0914. The number of nitrogens with one attached hydrogen (secondary N) is 1. The summed E-state index contributed by atoms with van der Waals surface area (Å²) in [4.78, 5) is 11.3. The van der Waals surface area contributed by atoms with Crippen molar-refractivity contribution in [3.05, 3.63) is 17.0 Å². The van der Waals surface area contributed by atoms with Gasteiger partial charge < -0.3 is 20.1 Å². The van der Waals surface area contributed by atoms with Gasteiger partial charge in [-0.3, -0.25) is 4.79 Å².